The molecule has 0 radical (unpaired) electrons. The molecule has 0 bridgehead atoms. The van der Waals surface area contributed by atoms with E-state index < -0.39 is 50.4 Å². The summed E-state index contributed by atoms with van der Waals surface area (Å²) in [5.74, 6) is 0.103. The quantitative estimate of drug-likeness (QED) is 0.278. The van der Waals surface area contributed by atoms with E-state index >= 15 is 0 Å². The van der Waals surface area contributed by atoms with Gasteiger partial charge in [-0.3, -0.25) is 0 Å². The normalized spacial score (nSPS) is 29.5. The number of hydrogen-bond donors (Lipinski definition) is 3. The zero-order valence-electron chi connectivity index (χ0n) is 23.5. The first-order chi connectivity index (χ1) is 16.7. The monoisotopic (exact) mass is 528 g/mol. The summed E-state index contributed by atoms with van der Waals surface area (Å²) in [6, 6.07) is 7.56. The molecule has 1 saturated carbocycles. The highest BCUT2D eigenvalue weighted by Gasteiger charge is 2.61. The lowest BCUT2D eigenvalue weighted by atomic mass is 9.56. The summed E-state index contributed by atoms with van der Waals surface area (Å²) >= 11 is 0. The Kier molecular flexibility index (Phi) is 10.6. The van der Waals surface area contributed by atoms with Crippen molar-refractivity contribution in [3.63, 3.8) is 0 Å². The number of rotatable bonds is 12. The molecule has 0 unspecified atom stereocenters. The van der Waals surface area contributed by atoms with Crippen LogP contribution in [0.15, 0.2) is 24.3 Å². The highest BCUT2D eigenvalue weighted by atomic mass is 28.4. The van der Waals surface area contributed by atoms with Crippen LogP contribution < -0.4 is 4.74 Å². The van der Waals surface area contributed by atoms with Gasteiger partial charge in [0.15, 0.2) is 14.6 Å². The van der Waals surface area contributed by atoms with Crippen molar-refractivity contribution in [2.24, 2.45) is 11.3 Å². The van der Waals surface area contributed by atoms with Crippen LogP contribution >= 0.6 is 0 Å². The second kappa shape index (κ2) is 12.2. The van der Waals surface area contributed by atoms with Crippen LogP contribution in [0, 0.1) is 11.3 Å². The van der Waals surface area contributed by atoms with Crippen molar-refractivity contribution in [1.29, 1.82) is 0 Å². The molecule has 36 heavy (non-hydrogen) atoms. The SMILES string of the molecule is COc1ccc(COC[C@H]2[C@](C)(CC(OC)OC)[C@@H](O[Si](C)(C)C(C)(C)C)C[C@H](O)[C@@]2(O)CO)cc1. The fourth-order valence-electron chi connectivity index (χ4n) is 4.88. The van der Waals surface area contributed by atoms with Gasteiger partial charge in [-0.2, -0.15) is 0 Å². The lowest BCUT2D eigenvalue weighted by molar-refractivity contribution is -0.254. The third kappa shape index (κ3) is 6.68. The molecule has 0 saturated heterocycles. The van der Waals surface area contributed by atoms with E-state index in [1.54, 1.807) is 21.3 Å². The lowest BCUT2D eigenvalue weighted by Crippen LogP contribution is -2.68. The van der Waals surface area contributed by atoms with Crippen molar-refractivity contribution in [3.05, 3.63) is 29.8 Å². The maximum Gasteiger partial charge on any atom is 0.192 e. The molecule has 0 aromatic heterocycles. The smallest absolute Gasteiger partial charge is 0.192 e. The second-order valence-corrected chi connectivity index (χ2v) is 16.6. The maximum absolute atomic E-state index is 11.6. The fraction of sp³-hybridized carbons (Fsp3) is 0.778. The van der Waals surface area contributed by atoms with Crippen LogP contribution in [0.2, 0.25) is 18.1 Å². The fourth-order valence-corrected chi connectivity index (χ4v) is 6.31. The second-order valence-electron chi connectivity index (χ2n) is 11.8. The van der Waals surface area contributed by atoms with Crippen LogP contribution in [0.4, 0.5) is 0 Å². The van der Waals surface area contributed by atoms with Crippen LogP contribution in [-0.4, -0.2) is 82.3 Å². The van der Waals surface area contributed by atoms with Gasteiger partial charge in [0.2, 0.25) is 0 Å². The Labute approximate surface area is 218 Å². The van der Waals surface area contributed by atoms with E-state index in [0.717, 1.165) is 11.3 Å². The molecule has 9 heteroatoms. The summed E-state index contributed by atoms with van der Waals surface area (Å²) in [5.41, 5.74) is -1.56. The third-order valence-corrected chi connectivity index (χ3v) is 13.0. The number of benzene rings is 1. The average molecular weight is 529 g/mol. The van der Waals surface area contributed by atoms with Gasteiger partial charge in [-0.05, 0) is 35.8 Å². The van der Waals surface area contributed by atoms with E-state index in [1.165, 1.54) is 0 Å². The van der Waals surface area contributed by atoms with Crippen LogP contribution in [0.25, 0.3) is 0 Å². The minimum Gasteiger partial charge on any atom is -0.497 e. The van der Waals surface area contributed by atoms with Crippen molar-refractivity contribution < 1.29 is 38.7 Å². The van der Waals surface area contributed by atoms with Gasteiger partial charge in [0, 0.05) is 38.4 Å². The van der Waals surface area contributed by atoms with Crippen LogP contribution in [0.3, 0.4) is 0 Å². The Bertz CT molecular complexity index is 807. The molecule has 1 aliphatic rings. The first-order valence-corrected chi connectivity index (χ1v) is 15.5. The molecule has 1 aliphatic carbocycles. The molecule has 5 atom stereocenters. The van der Waals surface area contributed by atoms with Gasteiger partial charge in [-0.15, -0.1) is 0 Å². The number of hydrogen-bond acceptors (Lipinski definition) is 8. The molecule has 0 spiro atoms. The van der Waals surface area contributed by atoms with E-state index in [1.807, 2.05) is 31.2 Å². The van der Waals surface area contributed by atoms with E-state index in [-0.39, 0.29) is 18.1 Å². The summed E-state index contributed by atoms with van der Waals surface area (Å²) in [6.07, 6.45) is -1.55. The molecule has 3 N–H and O–H groups in total. The van der Waals surface area contributed by atoms with Crippen LogP contribution in [0.5, 0.6) is 5.75 Å². The zero-order valence-corrected chi connectivity index (χ0v) is 24.5. The zero-order chi connectivity index (χ0) is 27.4. The first kappa shape index (κ1) is 31.2. The Hall–Kier alpha value is -1.04. The number of ether oxygens (including phenoxy) is 4. The van der Waals surface area contributed by atoms with Crippen molar-refractivity contribution in [2.45, 2.75) is 89.4 Å². The molecule has 2 rings (SSSR count). The van der Waals surface area contributed by atoms with Gasteiger partial charge in [0.1, 0.15) is 11.4 Å². The van der Waals surface area contributed by atoms with Crippen LogP contribution in [-0.2, 0) is 25.2 Å². The predicted molar refractivity (Wildman–Crippen MR) is 141 cm³/mol. The third-order valence-electron chi connectivity index (χ3n) is 8.49. The molecule has 8 nitrogen and oxygen atoms in total. The molecule has 0 aliphatic heterocycles. The molecular weight excluding hydrogens is 480 g/mol. The topological polar surface area (TPSA) is 107 Å². The summed E-state index contributed by atoms with van der Waals surface area (Å²) in [4.78, 5) is 0. The summed E-state index contributed by atoms with van der Waals surface area (Å²) < 4.78 is 29.3. The van der Waals surface area contributed by atoms with Crippen molar-refractivity contribution in [2.75, 3.05) is 34.5 Å². The number of aliphatic hydroxyl groups excluding tert-OH is 2. The maximum atomic E-state index is 11.6. The van der Waals surface area contributed by atoms with Gasteiger partial charge >= 0.3 is 0 Å². The summed E-state index contributed by atoms with van der Waals surface area (Å²) in [5, 5.41) is 33.0. The minimum atomic E-state index is -2.25. The number of aliphatic hydroxyl groups is 3. The van der Waals surface area contributed by atoms with Crippen LogP contribution in [0.1, 0.15) is 46.1 Å². The van der Waals surface area contributed by atoms with Crippen molar-refractivity contribution in [3.8, 4) is 5.75 Å². The standard InChI is InChI=1S/C27H48O8Si/c1-25(2,3)36(8,9)35-23-14-22(29)27(30,18-28)21(26(23,4)15-24(32-6)33-7)17-34-16-19-10-12-20(31-5)13-11-19/h10-13,21-24,28-30H,14-18H2,1-9H3/t21-,22-,23-,26-,27+/m0/s1. The number of methoxy groups -OCH3 is 3. The van der Waals surface area contributed by atoms with Crippen molar-refractivity contribution in [1.82, 2.24) is 0 Å². The van der Waals surface area contributed by atoms with Gasteiger partial charge < -0.3 is 38.7 Å². The molecule has 1 aromatic rings. The van der Waals surface area contributed by atoms with Gasteiger partial charge in [-0.1, -0.05) is 39.8 Å². The first-order valence-electron chi connectivity index (χ1n) is 12.6. The largest absolute Gasteiger partial charge is 0.497 e. The summed E-state index contributed by atoms with van der Waals surface area (Å²) in [6.45, 7) is 12.7. The Balaban J connectivity index is 2.43. The predicted octanol–water partition coefficient (Wildman–Crippen LogP) is 3.72. The molecule has 1 fully saturated rings. The molecule has 0 amide bonds. The van der Waals surface area contributed by atoms with E-state index in [4.69, 9.17) is 23.4 Å². The minimum absolute atomic E-state index is 0.0497. The van der Waals surface area contributed by atoms with Gasteiger partial charge in [0.25, 0.3) is 0 Å². The van der Waals surface area contributed by atoms with E-state index in [9.17, 15) is 15.3 Å². The Morgan fingerprint density at radius 3 is 2.14 bits per heavy atom. The molecule has 0 heterocycles. The highest BCUT2D eigenvalue weighted by Crippen LogP contribution is 2.53. The molecule has 208 valence electrons. The van der Waals surface area contributed by atoms with Gasteiger partial charge in [0.05, 0.1) is 39.1 Å². The van der Waals surface area contributed by atoms with E-state index in [0.29, 0.717) is 13.0 Å². The highest BCUT2D eigenvalue weighted by molar-refractivity contribution is 6.74. The lowest BCUT2D eigenvalue weighted by Gasteiger charge is -2.58. The van der Waals surface area contributed by atoms with Crippen molar-refractivity contribution >= 4 is 8.32 Å². The van der Waals surface area contributed by atoms with E-state index in [2.05, 4.69) is 33.9 Å². The Morgan fingerprint density at radius 1 is 1.08 bits per heavy atom. The summed E-state index contributed by atoms with van der Waals surface area (Å²) in [7, 11) is 2.52. The Morgan fingerprint density at radius 2 is 1.67 bits per heavy atom. The molecular formula is C27H48O8Si. The van der Waals surface area contributed by atoms with Gasteiger partial charge in [-0.25, -0.2) is 0 Å². The average Bonchev–Trinajstić information content (AvgIpc) is 2.82. The molecule has 1 aromatic carbocycles.